The van der Waals surface area contributed by atoms with Gasteiger partial charge in [0.05, 0.1) is 12.2 Å². The summed E-state index contributed by atoms with van der Waals surface area (Å²) >= 11 is 0. The molecular formula is C17H30O2. The largest absolute Gasteiger partial charge is 0.393 e. The van der Waals surface area contributed by atoms with E-state index >= 15 is 0 Å². The fourth-order valence-electron chi connectivity index (χ4n) is 3.70. The first-order valence-electron chi connectivity index (χ1n) is 8.30. The Morgan fingerprint density at radius 2 is 1.32 bits per heavy atom. The van der Waals surface area contributed by atoms with E-state index in [4.69, 9.17) is 0 Å². The van der Waals surface area contributed by atoms with Gasteiger partial charge in [0.1, 0.15) is 0 Å². The van der Waals surface area contributed by atoms with E-state index < -0.39 is 0 Å². The summed E-state index contributed by atoms with van der Waals surface area (Å²) in [6.45, 7) is 0. The van der Waals surface area contributed by atoms with E-state index in [1.54, 1.807) is 0 Å². The Bertz CT molecular complexity index is 262. The highest BCUT2D eigenvalue weighted by Gasteiger charge is 2.22. The fourth-order valence-corrected chi connectivity index (χ4v) is 3.70. The second kappa shape index (κ2) is 8.06. The summed E-state index contributed by atoms with van der Waals surface area (Å²) < 4.78 is 0. The van der Waals surface area contributed by atoms with Crippen LogP contribution >= 0.6 is 0 Å². The molecular weight excluding hydrogens is 236 g/mol. The topological polar surface area (TPSA) is 40.5 Å². The summed E-state index contributed by atoms with van der Waals surface area (Å²) in [5.41, 5.74) is 0. The third-order valence-corrected chi connectivity index (χ3v) is 5.04. The zero-order chi connectivity index (χ0) is 13.5. The Kier molecular flexibility index (Phi) is 6.39. The first kappa shape index (κ1) is 15.1. The zero-order valence-electron chi connectivity index (χ0n) is 12.1. The van der Waals surface area contributed by atoms with Crippen LogP contribution in [0.4, 0.5) is 0 Å². The molecule has 0 bridgehead atoms. The molecule has 2 fully saturated rings. The molecule has 2 heteroatoms. The quantitative estimate of drug-likeness (QED) is 0.743. The standard InChI is InChI=1S/C17H30O2/c18-16(14-8-3-1-4-9-14)12-7-13-17(19)15-10-5-2-6-11-15/h7,12,14-19H,1-6,8-11,13H2/b12-7+/t16-,17-/m0/s1. The van der Waals surface area contributed by atoms with Crippen molar-refractivity contribution in [2.45, 2.75) is 82.8 Å². The van der Waals surface area contributed by atoms with Crippen molar-refractivity contribution < 1.29 is 10.2 Å². The van der Waals surface area contributed by atoms with E-state index in [0.29, 0.717) is 18.3 Å². The van der Waals surface area contributed by atoms with Crippen molar-refractivity contribution >= 4 is 0 Å². The van der Waals surface area contributed by atoms with Gasteiger partial charge in [0.2, 0.25) is 0 Å². The van der Waals surface area contributed by atoms with Crippen molar-refractivity contribution in [2.75, 3.05) is 0 Å². The molecule has 0 aromatic carbocycles. The van der Waals surface area contributed by atoms with Crippen LogP contribution in [-0.2, 0) is 0 Å². The van der Waals surface area contributed by atoms with Gasteiger partial charge in [0, 0.05) is 0 Å². The predicted octanol–water partition coefficient (Wildman–Crippen LogP) is 3.82. The predicted molar refractivity (Wildman–Crippen MR) is 78.9 cm³/mol. The van der Waals surface area contributed by atoms with Gasteiger partial charge in [-0.25, -0.2) is 0 Å². The van der Waals surface area contributed by atoms with Gasteiger partial charge in [0.15, 0.2) is 0 Å². The summed E-state index contributed by atoms with van der Waals surface area (Å²) in [6.07, 6.45) is 16.6. The number of aliphatic hydroxyl groups excluding tert-OH is 2. The molecule has 2 rings (SSSR count). The van der Waals surface area contributed by atoms with Crippen LogP contribution < -0.4 is 0 Å². The van der Waals surface area contributed by atoms with Gasteiger partial charge in [-0.1, -0.05) is 50.7 Å². The van der Waals surface area contributed by atoms with Gasteiger partial charge in [-0.15, -0.1) is 0 Å². The first-order chi connectivity index (χ1) is 9.27. The van der Waals surface area contributed by atoms with E-state index in [1.165, 1.54) is 51.4 Å². The van der Waals surface area contributed by atoms with Gasteiger partial charge >= 0.3 is 0 Å². The van der Waals surface area contributed by atoms with Crippen LogP contribution in [-0.4, -0.2) is 22.4 Å². The summed E-state index contributed by atoms with van der Waals surface area (Å²) in [5, 5.41) is 20.3. The van der Waals surface area contributed by atoms with E-state index in [9.17, 15) is 10.2 Å². The second-order valence-corrected chi connectivity index (χ2v) is 6.52. The maximum Gasteiger partial charge on any atom is 0.0749 e. The van der Waals surface area contributed by atoms with E-state index in [0.717, 1.165) is 12.8 Å². The third kappa shape index (κ3) is 4.92. The van der Waals surface area contributed by atoms with Crippen LogP contribution in [0.3, 0.4) is 0 Å². The Balaban J connectivity index is 1.69. The molecule has 2 saturated carbocycles. The average Bonchev–Trinajstić information content (AvgIpc) is 2.49. The van der Waals surface area contributed by atoms with Crippen molar-refractivity contribution in [2.24, 2.45) is 11.8 Å². The average molecular weight is 266 g/mol. The number of hydrogen-bond acceptors (Lipinski definition) is 2. The lowest BCUT2D eigenvalue weighted by Crippen LogP contribution is -2.23. The minimum Gasteiger partial charge on any atom is -0.393 e. The molecule has 2 aliphatic rings. The smallest absolute Gasteiger partial charge is 0.0749 e. The van der Waals surface area contributed by atoms with Crippen LogP contribution in [0.25, 0.3) is 0 Å². The van der Waals surface area contributed by atoms with E-state index in [-0.39, 0.29) is 12.2 Å². The molecule has 0 heterocycles. The highest BCUT2D eigenvalue weighted by Crippen LogP contribution is 2.29. The molecule has 0 radical (unpaired) electrons. The second-order valence-electron chi connectivity index (χ2n) is 6.52. The lowest BCUT2D eigenvalue weighted by atomic mass is 9.83. The zero-order valence-corrected chi connectivity index (χ0v) is 12.1. The molecule has 19 heavy (non-hydrogen) atoms. The maximum absolute atomic E-state index is 10.2. The lowest BCUT2D eigenvalue weighted by Gasteiger charge is -2.26. The van der Waals surface area contributed by atoms with Crippen molar-refractivity contribution in [1.29, 1.82) is 0 Å². The van der Waals surface area contributed by atoms with Crippen molar-refractivity contribution in [3.63, 3.8) is 0 Å². The van der Waals surface area contributed by atoms with Crippen LogP contribution in [0.5, 0.6) is 0 Å². The minimum absolute atomic E-state index is 0.199. The van der Waals surface area contributed by atoms with Crippen LogP contribution in [0.2, 0.25) is 0 Å². The summed E-state index contributed by atoms with van der Waals surface area (Å²) in [5.74, 6) is 0.946. The molecule has 2 nitrogen and oxygen atoms in total. The van der Waals surface area contributed by atoms with Gasteiger partial charge in [0.25, 0.3) is 0 Å². The van der Waals surface area contributed by atoms with Crippen LogP contribution in [0, 0.1) is 11.8 Å². The SMILES string of the molecule is O[C@@H](/C=C/C[C@H](O)C1CCCCC1)C1CCCCC1. The number of rotatable bonds is 5. The van der Waals surface area contributed by atoms with Crippen LogP contribution in [0.1, 0.15) is 70.6 Å². The molecule has 2 atom stereocenters. The van der Waals surface area contributed by atoms with E-state index in [2.05, 4.69) is 0 Å². The van der Waals surface area contributed by atoms with Crippen molar-refractivity contribution in [3.8, 4) is 0 Å². The van der Waals surface area contributed by atoms with Gasteiger partial charge in [-0.3, -0.25) is 0 Å². The molecule has 0 saturated heterocycles. The molecule has 0 aliphatic heterocycles. The van der Waals surface area contributed by atoms with Crippen molar-refractivity contribution in [3.05, 3.63) is 12.2 Å². The normalized spacial score (nSPS) is 26.6. The Labute approximate surface area is 117 Å². The number of hydrogen-bond donors (Lipinski definition) is 2. The number of aliphatic hydroxyl groups is 2. The van der Waals surface area contributed by atoms with E-state index in [1.807, 2.05) is 12.2 Å². The highest BCUT2D eigenvalue weighted by molar-refractivity contribution is 4.94. The maximum atomic E-state index is 10.2. The molecule has 0 spiro atoms. The third-order valence-electron chi connectivity index (χ3n) is 5.04. The highest BCUT2D eigenvalue weighted by atomic mass is 16.3. The monoisotopic (exact) mass is 266 g/mol. The van der Waals surface area contributed by atoms with Gasteiger partial charge < -0.3 is 10.2 Å². The van der Waals surface area contributed by atoms with Gasteiger partial charge in [-0.05, 0) is 43.9 Å². The molecule has 0 unspecified atom stereocenters. The van der Waals surface area contributed by atoms with Gasteiger partial charge in [-0.2, -0.15) is 0 Å². The summed E-state index contributed by atoms with van der Waals surface area (Å²) in [7, 11) is 0. The molecule has 0 amide bonds. The Morgan fingerprint density at radius 1 is 0.789 bits per heavy atom. The molecule has 2 N–H and O–H groups in total. The minimum atomic E-state index is -0.293. The summed E-state index contributed by atoms with van der Waals surface area (Å²) in [6, 6.07) is 0. The molecule has 0 aromatic heterocycles. The van der Waals surface area contributed by atoms with Crippen LogP contribution in [0.15, 0.2) is 12.2 Å². The Morgan fingerprint density at radius 3 is 1.89 bits per heavy atom. The lowest BCUT2D eigenvalue weighted by molar-refractivity contribution is 0.0863. The summed E-state index contributed by atoms with van der Waals surface area (Å²) in [4.78, 5) is 0. The first-order valence-corrected chi connectivity index (χ1v) is 8.30. The molecule has 0 aromatic rings. The fraction of sp³-hybridized carbons (Fsp3) is 0.882. The molecule has 2 aliphatic carbocycles. The van der Waals surface area contributed by atoms with Crippen molar-refractivity contribution in [1.82, 2.24) is 0 Å². The molecule has 110 valence electrons. The Hall–Kier alpha value is -0.340.